The smallest absolute Gasteiger partial charge is 0.0158 e. The lowest BCUT2D eigenvalue weighted by atomic mass is 9.67. The third-order valence-electron chi connectivity index (χ3n) is 7.70. The van der Waals surface area contributed by atoms with Gasteiger partial charge in [-0.25, -0.2) is 0 Å². The van der Waals surface area contributed by atoms with Crippen LogP contribution in [0.4, 0.5) is 0 Å². The van der Waals surface area contributed by atoms with Crippen molar-refractivity contribution in [1.82, 2.24) is 0 Å². The highest BCUT2D eigenvalue weighted by molar-refractivity contribution is 5.89. The molecule has 0 nitrogen and oxygen atoms in total. The quantitative estimate of drug-likeness (QED) is 0.231. The fraction of sp³-hybridized carbons (Fsp3) is 0.444. The fourth-order valence-electron chi connectivity index (χ4n) is 5.73. The average molecular weight is 481 g/mol. The molecular formula is C36H48. The Labute approximate surface area is 222 Å². The summed E-state index contributed by atoms with van der Waals surface area (Å²) in [6, 6.07) is 7.30. The van der Waals surface area contributed by atoms with E-state index in [1.54, 1.807) is 0 Å². The van der Waals surface area contributed by atoms with Crippen molar-refractivity contribution in [2.45, 2.75) is 92.4 Å². The van der Waals surface area contributed by atoms with E-state index in [9.17, 15) is 0 Å². The van der Waals surface area contributed by atoms with Gasteiger partial charge in [0.15, 0.2) is 0 Å². The van der Waals surface area contributed by atoms with Gasteiger partial charge in [-0.3, -0.25) is 0 Å². The van der Waals surface area contributed by atoms with Crippen molar-refractivity contribution in [2.24, 2.45) is 11.3 Å². The van der Waals surface area contributed by atoms with Crippen LogP contribution < -0.4 is 0 Å². The van der Waals surface area contributed by atoms with Crippen LogP contribution in [-0.2, 0) is 5.41 Å². The maximum atomic E-state index is 4.21. The Hall–Kier alpha value is -2.60. The summed E-state index contributed by atoms with van der Waals surface area (Å²) >= 11 is 0. The SMILES string of the molecule is C=CCC1=C(/C(=C\CC(C)C)C/C=C\C=C/C)c2ccc(C(C)(C)C)cc2C1C(C)(C)C1=CCC=C1. The maximum absolute atomic E-state index is 4.21. The highest BCUT2D eigenvalue weighted by Gasteiger charge is 2.43. The number of fused-ring (bicyclic) bond motifs is 1. The molecule has 0 fully saturated rings. The van der Waals surface area contributed by atoms with Crippen LogP contribution in [0.5, 0.6) is 0 Å². The summed E-state index contributed by atoms with van der Waals surface area (Å²) < 4.78 is 0. The minimum atomic E-state index is 0.00228. The van der Waals surface area contributed by atoms with Gasteiger partial charge in [-0.2, -0.15) is 0 Å². The zero-order valence-corrected chi connectivity index (χ0v) is 24.1. The van der Waals surface area contributed by atoms with Gasteiger partial charge in [-0.15, -0.1) is 6.58 Å². The monoisotopic (exact) mass is 480 g/mol. The Morgan fingerprint density at radius 3 is 2.44 bits per heavy atom. The second-order valence-electron chi connectivity index (χ2n) is 12.4. The average Bonchev–Trinajstić information content (AvgIpc) is 3.45. The summed E-state index contributed by atoms with van der Waals surface area (Å²) in [7, 11) is 0. The molecule has 0 saturated heterocycles. The lowest BCUT2D eigenvalue weighted by Crippen LogP contribution is -2.24. The molecular weight excluding hydrogens is 432 g/mol. The second kappa shape index (κ2) is 11.6. The minimum Gasteiger partial charge on any atom is -0.103 e. The molecule has 2 aliphatic rings. The highest BCUT2D eigenvalue weighted by Crippen LogP contribution is 2.57. The first-order valence-electron chi connectivity index (χ1n) is 13.9. The second-order valence-corrected chi connectivity index (χ2v) is 12.4. The van der Waals surface area contributed by atoms with Gasteiger partial charge in [0.2, 0.25) is 0 Å². The van der Waals surface area contributed by atoms with Crippen molar-refractivity contribution >= 4 is 5.57 Å². The van der Waals surface area contributed by atoms with E-state index in [1.165, 1.54) is 39.0 Å². The molecule has 0 amide bonds. The lowest BCUT2D eigenvalue weighted by molar-refractivity contribution is 0.393. The van der Waals surface area contributed by atoms with Gasteiger partial charge in [0, 0.05) is 5.92 Å². The molecule has 36 heavy (non-hydrogen) atoms. The first-order chi connectivity index (χ1) is 17.0. The normalized spacial score (nSPS) is 18.8. The van der Waals surface area contributed by atoms with Crippen molar-refractivity contribution in [3.05, 3.63) is 113 Å². The first kappa shape index (κ1) is 28.0. The van der Waals surface area contributed by atoms with E-state index < -0.39 is 0 Å². The van der Waals surface area contributed by atoms with Crippen LogP contribution in [0.2, 0.25) is 0 Å². The van der Waals surface area contributed by atoms with E-state index in [0.29, 0.717) is 11.8 Å². The molecule has 192 valence electrons. The Morgan fingerprint density at radius 2 is 1.86 bits per heavy atom. The molecule has 0 radical (unpaired) electrons. The fourth-order valence-corrected chi connectivity index (χ4v) is 5.73. The molecule has 0 heteroatoms. The molecule has 1 aromatic carbocycles. The topological polar surface area (TPSA) is 0 Å². The van der Waals surface area contributed by atoms with Crippen molar-refractivity contribution in [3.8, 4) is 0 Å². The van der Waals surface area contributed by atoms with Crippen LogP contribution in [0.25, 0.3) is 5.57 Å². The first-order valence-corrected chi connectivity index (χ1v) is 13.9. The van der Waals surface area contributed by atoms with E-state index in [1.807, 2.05) is 0 Å². The summed E-state index contributed by atoms with van der Waals surface area (Å²) in [6.07, 6.45) is 24.4. The van der Waals surface area contributed by atoms with E-state index in [4.69, 9.17) is 0 Å². The molecule has 0 aliphatic heterocycles. The number of benzene rings is 1. The van der Waals surface area contributed by atoms with E-state index >= 15 is 0 Å². The highest BCUT2D eigenvalue weighted by atomic mass is 14.5. The number of hydrogen-bond donors (Lipinski definition) is 0. The van der Waals surface area contributed by atoms with E-state index in [2.05, 4.69) is 135 Å². The van der Waals surface area contributed by atoms with E-state index in [0.717, 1.165) is 25.7 Å². The number of hydrogen-bond acceptors (Lipinski definition) is 0. The predicted molar refractivity (Wildman–Crippen MR) is 161 cm³/mol. The van der Waals surface area contributed by atoms with Crippen molar-refractivity contribution < 1.29 is 0 Å². The summed E-state index contributed by atoms with van der Waals surface area (Å²) in [5.74, 6) is 0.965. The zero-order chi connectivity index (χ0) is 26.5. The predicted octanol–water partition coefficient (Wildman–Crippen LogP) is 10.8. The third-order valence-corrected chi connectivity index (χ3v) is 7.70. The van der Waals surface area contributed by atoms with Crippen LogP contribution in [0, 0.1) is 11.3 Å². The largest absolute Gasteiger partial charge is 0.103 e. The molecule has 0 N–H and O–H groups in total. The van der Waals surface area contributed by atoms with Gasteiger partial charge < -0.3 is 0 Å². The molecule has 0 aromatic heterocycles. The van der Waals surface area contributed by atoms with Crippen LogP contribution in [0.15, 0.2) is 96.2 Å². The van der Waals surface area contributed by atoms with Gasteiger partial charge in [0.05, 0.1) is 0 Å². The number of allylic oxidation sites excluding steroid dienone is 13. The molecule has 0 heterocycles. The molecule has 0 spiro atoms. The van der Waals surface area contributed by atoms with Crippen molar-refractivity contribution in [1.29, 1.82) is 0 Å². The standard InChI is InChI=1S/C36H48/c1-10-12-13-14-18-27(22-21-26(3)4)33-30-24-23-29(35(5,6)7)25-32(30)34(31(33)17-11-2)36(8,9)28-19-15-16-20-28/h10-15,19-20,22-26,34H,2,16-18,21H2,1,3-9H3/b12-10-,14-13-,27-22-. The Balaban J connectivity index is 2.30. The molecule has 0 saturated carbocycles. The Kier molecular flexibility index (Phi) is 9.04. The molecule has 1 aromatic rings. The lowest BCUT2D eigenvalue weighted by Gasteiger charge is -2.36. The van der Waals surface area contributed by atoms with E-state index in [-0.39, 0.29) is 10.8 Å². The molecule has 1 atom stereocenters. The van der Waals surface area contributed by atoms with Gasteiger partial charge in [-0.05, 0) is 88.3 Å². The van der Waals surface area contributed by atoms with Gasteiger partial charge in [-0.1, -0.05) is 121 Å². The molecule has 1 unspecified atom stereocenters. The Morgan fingerprint density at radius 1 is 1.11 bits per heavy atom. The van der Waals surface area contributed by atoms with Gasteiger partial charge in [0.1, 0.15) is 0 Å². The third kappa shape index (κ3) is 6.03. The van der Waals surface area contributed by atoms with Crippen LogP contribution in [0.1, 0.15) is 104 Å². The summed E-state index contributed by atoms with van der Waals surface area (Å²) in [5, 5.41) is 0. The van der Waals surface area contributed by atoms with Crippen LogP contribution in [0.3, 0.4) is 0 Å². The zero-order valence-electron chi connectivity index (χ0n) is 24.1. The molecule has 2 aliphatic carbocycles. The van der Waals surface area contributed by atoms with Crippen LogP contribution in [-0.4, -0.2) is 0 Å². The van der Waals surface area contributed by atoms with Gasteiger partial charge >= 0.3 is 0 Å². The summed E-state index contributed by atoms with van der Waals surface area (Å²) in [5.41, 5.74) is 10.4. The van der Waals surface area contributed by atoms with Crippen molar-refractivity contribution in [2.75, 3.05) is 0 Å². The summed E-state index contributed by atoms with van der Waals surface area (Å²) in [4.78, 5) is 0. The number of rotatable bonds is 10. The molecule has 0 bridgehead atoms. The van der Waals surface area contributed by atoms with Crippen molar-refractivity contribution in [3.63, 3.8) is 0 Å². The molecule has 3 rings (SSSR count). The minimum absolute atomic E-state index is 0.00228. The maximum Gasteiger partial charge on any atom is 0.0158 e. The Bertz CT molecular complexity index is 1130. The van der Waals surface area contributed by atoms with Crippen LogP contribution >= 0.6 is 0 Å². The van der Waals surface area contributed by atoms with Gasteiger partial charge in [0.25, 0.3) is 0 Å². The summed E-state index contributed by atoms with van der Waals surface area (Å²) in [6.45, 7) is 22.8.